The zero-order chi connectivity index (χ0) is 20.6. The highest BCUT2D eigenvalue weighted by Gasteiger charge is 2.17. The Morgan fingerprint density at radius 3 is 2.43 bits per heavy atom. The summed E-state index contributed by atoms with van der Waals surface area (Å²) in [5, 5.41) is 4.05. The van der Waals surface area contributed by atoms with Crippen molar-refractivity contribution in [1.82, 2.24) is 5.32 Å². The van der Waals surface area contributed by atoms with Crippen molar-refractivity contribution in [3.8, 4) is 11.1 Å². The lowest BCUT2D eigenvalue weighted by Crippen LogP contribution is -2.38. The van der Waals surface area contributed by atoms with Gasteiger partial charge >= 0.3 is 5.97 Å². The molecule has 0 bridgehead atoms. The van der Waals surface area contributed by atoms with Crippen molar-refractivity contribution in [2.75, 3.05) is 13.3 Å². The minimum atomic E-state index is -0.236. The minimum absolute atomic E-state index is 0.0570. The monoisotopic (exact) mass is 403 g/mol. The van der Waals surface area contributed by atoms with E-state index in [1.807, 2.05) is 52.0 Å². The molecule has 28 heavy (non-hydrogen) atoms. The van der Waals surface area contributed by atoms with E-state index in [0.29, 0.717) is 26.2 Å². The summed E-state index contributed by atoms with van der Waals surface area (Å²) in [5.74, 6) is -0.202. The van der Waals surface area contributed by atoms with Crippen LogP contribution in [0.15, 0.2) is 48.5 Å². The molecule has 0 spiro atoms. The zero-order valence-corrected chi connectivity index (χ0v) is 17.9. The highest BCUT2D eigenvalue weighted by atomic mass is 35.5. The molecule has 1 atom stereocenters. The number of esters is 1. The molecule has 0 saturated heterocycles. The average molecular weight is 404 g/mol. The van der Waals surface area contributed by atoms with E-state index in [9.17, 15) is 4.79 Å². The van der Waals surface area contributed by atoms with E-state index < -0.39 is 0 Å². The largest absolute Gasteiger partial charge is 0.466 e. The van der Waals surface area contributed by atoms with E-state index in [1.54, 1.807) is 0 Å². The van der Waals surface area contributed by atoms with Crippen LogP contribution in [0.5, 0.6) is 0 Å². The minimum Gasteiger partial charge on any atom is -0.466 e. The molecular weight excluding hydrogens is 374 g/mol. The van der Waals surface area contributed by atoms with Crippen LogP contribution in [0.2, 0.25) is 5.02 Å². The summed E-state index contributed by atoms with van der Waals surface area (Å²) in [5.41, 5.74) is 3.10. The number of halogens is 1. The Kier molecular flexibility index (Phi) is 8.49. The number of hydrogen-bond acceptors (Lipinski definition) is 4. The van der Waals surface area contributed by atoms with E-state index in [2.05, 4.69) is 29.6 Å². The van der Waals surface area contributed by atoms with Gasteiger partial charge in [-0.25, -0.2) is 0 Å². The first kappa shape index (κ1) is 22.4. The molecule has 2 rings (SSSR count). The summed E-state index contributed by atoms with van der Waals surface area (Å²) in [6.07, 6.45) is 1.01. The van der Waals surface area contributed by atoms with Crippen molar-refractivity contribution >= 4 is 17.6 Å². The van der Waals surface area contributed by atoms with Crippen LogP contribution >= 0.6 is 11.6 Å². The summed E-state index contributed by atoms with van der Waals surface area (Å²) in [7, 11) is 0. The van der Waals surface area contributed by atoms with Crippen LogP contribution in [0, 0.1) is 0 Å². The molecule has 0 saturated carbocycles. The predicted molar refractivity (Wildman–Crippen MR) is 114 cm³/mol. The van der Waals surface area contributed by atoms with Gasteiger partial charge in [-0.15, -0.1) is 0 Å². The Hall–Kier alpha value is -1.88. The van der Waals surface area contributed by atoms with Gasteiger partial charge in [-0.05, 0) is 62.9 Å². The van der Waals surface area contributed by atoms with Crippen LogP contribution in [0.1, 0.15) is 39.7 Å². The SMILES string of the molecule is CCOC(=O)C[C@@H](Cc1ccc(-c2cccc(Cl)c2)cc1)NCOC(C)(C)C. The predicted octanol–water partition coefficient (Wildman–Crippen LogP) is 5.23. The van der Waals surface area contributed by atoms with Gasteiger partial charge in [0.25, 0.3) is 0 Å². The fourth-order valence-corrected chi connectivity index (χ4v) is 2.99. The first-order chi connectivity index (χ1) is 13.3. The van der Waals surface area contributed by atoms with Gasteiger partial charge in [0.05, 0.1) is 25.4 Å². The van der Waals surface area contributed by atoms with Gasteiger partial charge in [-0.1, -0.05) is 48.0 Å². The first-order valence-corrected chi connectivity index (χ1v) is 10.0. The molecule has 0 aliphatic rings. The number of carbonyl (C=O) groups excluding carboxylic acids is 1. The third-order valence-electron chi connectivity index (χ3n) is 4.19. The lowest BCUT2D eigenvalue weighted by Gasteiger charge is -2.23. The summed E-state index contributed by atoms with van der Waals surface area (Å²) in [4.78, 5) is 12.0. The van der Waals surface area contributed by atoms with E-state index in [0.717, 1.165) is 21.7 Å². The summed E-state index contributed by atoms with van der Waals surface area (Å²) in [6.45, 7) is 8.60. The van der Waals surface area contributed by atoms with Crippen LogP contribution in [-0.2, 0) is 20.7 Å². The topological polar surface area (TPSA) is 47.6 Å². The van der Waals surface area contributed by atoms with Gasteiger partial charge in [0.1, 0.15) is 0 Å². The van der Waals surface area contributed by atoms with Crippen molar-refractivity contribution in [2.24, 2.45) is 0 Å². The van der Waals surface area contributed by atoms with Gasteiger partial charge in [0.15, 0.2) is 0 Å². The summed E-state index contributed by atoms with van der Waals surface area (Å²) in [6, 6.07) is 16.1. The molecule has 0 heterocycles. The van der Waals surface area contributed by atoms with Crippen molar-refractivity contribution < 1.29 is 14.3 Å². The molecule has 0 aliphatic carbocycles. The zero-order valence-electron chi connectivity index (χ0n) is 17.1. The highest BCUT2D eigenvalue weighted by Crippen LogP contribution is 2.23. The fourth-order valence-electron chi connectivity index (χ4n) is 2.80. The molecule has 1 N–H and O–H groups in total. The van der Waals surface area contributed by atoms with Crippen LogP contribution < -0.4 is 5.32 Å². The van der Waals surface area contributed by atoms with E-state index in [-0.39, 0.29) is 17.6 Å². The second-order valence-electron chi connectivity index (χ2n) is 7.72. The molecule has 152 valence electrons. The fraction of sp³-hybridized carbons (Fsp3) is 0.435. The molecule has 0 aliphatic heterocycles. The smallest absolute Gasteiger partial charge is 0.307 e. The van der Waals surface area contributed by atoms with Crippen LogP contribution in [0.4, 0.5) is 0 Å². The highest BCUT2D eigenvalue weighted by molar-refractivity contribution is 6.30. The van der Waals surface area contributed by atoms with E-state index in [1.165, 1.54) is 0 Å². The van der Waals surface area contributed by atoms with Crippen molar-refractivity contribution in [3.05, 3.63) is 59.1 Å². The van der Waals surface area contributed by atoms with Crippen LogP contribution in [0.3, 0.4) is 0 Å². The third-order valence-corrected chi connectivity index (χ3v) is 4.42. The molecule has 2 aromatic carbocycles. The Labute approximate surface area is 173 Å². The third kappa shape index (κ3) is 8.01. The lowest BCUT2D eigenvalue weighted by molar-refractivity contribution is -0.143. The summed E-state index contributed by atoms with van der Waals surface area (Å²) >= 11 is 6.09. The Morgan fingerprint density at radius 1 is 1.11 bits per heavy atom. The molecular formula is C23H30ClNO3. The van der Waals surface area contributed by atoms with Crippen LogP contribution in [-0.4, -0.2) is 30.9 Å². The van der Waals surface area contributed by atoms with Gasteiger partial charge in [-0.2, -0.15) is 0 Å². The first-order valence-electron chi connectivity index (χ1n) is 9.64. The molecule has 2 aromatic rings. The summed E-state index contributed by atoms with van der Waals surface area (Å²) < 4.78 is 10.9. The van der Waals surface area contributed by atoms with Gasteiger partial charge in [-0.3, -0.25) is 10.1 Å². The van der Waals surface area contributed by atoms with Crippen molar-refractivity contribution in [1.29, 1.82) is 0 Å². The number of ether oxygens (including phenoxy) is 2. The molecule has 0 fully saturated rings. The quantitative estimate of drug-likeness (QED) is 0.459. The molecule has 0 radical (unpaired) electrons. The van der Waals surface area contributed by atoms with Crippen molar-refractivity contribution in [2.45, 2.75) is 52.2 Å². The van der Waals surface area contributed by atoms with Crippen LogP contribution in [0.25, 0.3) is 11.1 Å². The van der Waals surface area contributed by atoms with Crippen molar-refractivity contribution in [3.63, 3.8) is 0 Å². The number of carbonyl (C=O) groups is 1. The molecule has 0 unspecified atom stereocenters. The Bertz CT molecular complexity index is 753. The number of benzene rings is 2. The molecule has 5 heteroatoms. The maximum atomic E-state index is 12.0. The number of rotatable bonds is 9. The normalized spacial score (nSPS) is 12.6. The van der Waals surface area contributed by atoms with Gasteiger partial charge in [0.2, 0.25) is 0 Å². The van der Waals surface area contributed by atoms with Gasteiger partial charge in [0, 0.05) is 11.1 Å². The van der Waals surface area contributed by atoms with Gasteiger partial charge < -0.3 is 9.47 Å². The molecule has 4 nitrogen and oxygen atoms in total. The molecule has 0 aromatic heterocycles. The second-order valence-corrected chi connectivity index (χ2v) is 8.16. The Balaban J connectivity index is 2.03. The maximum Gasteiger partial charge on any atom is 0.307 e. The molecule has 0 amide bonds. The second kappa shape index (κ2) is 10.6. The Morgan fingerprint density at radius 2 is 1.82 bits per heavy atom. The number of nitrogens with one attached hydrogen (secondary N) is 1. The number of hydrogen-bond donors (Lipinski definition) is 1. The average Bonchev–Trinajstić information content (AvgIpc) is 2.61. The van der Waals surface area contributed by atoms with E-state index in [4.69, 9.17) is 21.1 Å². The lowest BCUT2D eigenvalue weighted by atomic mass is 9.99. The maximum absolute atomic E-state index is 12.0. The standard InChI is InChI=1S/C23H30ClNO3/c1-5-27-22(26)15-21(25-16-28-23(2,3)4)13-17-9-11-18(12-10-17)19-7-6-8-20(24)14-19/h6-12,14,21,25H,5,13,15-16H2,1-4H3/t21-/m1/s1. The van der Waals surface area contributed by atoms with E-state index >= 15 is 0 Å².